The lowest BCUT2D eigenvalue weighted by atomic mass is 9.95. The molecule has 0 amide bonds. The molecule has 0 aromatic heterocycles. The van der Waals surface area contributed by atoms with Gasteiger partial charge in [-0.2, -0.15) is 47.9 Å². The minimum absolute atomic E-state index is 0.00548. The van der Waals surface area contributed by atoms with E-state index in [0.717, 1.165) is 0 Å². The SMILES string of the molecule is CCCC[C@@H](C(=O)c1ccc(C(F)(F)C(F)(F)C(F)(F)C(F)(F)F)cc1)S(=O)(=O)O. The van der Waals surface area contributed by atoms with Crippen LogP contribution < -0.4 is 0 Å². The van der Waals surface area contributed by atoms with Crippen LogP contribution in [0.3, 0.4) is 0 Å². The van der Waals surface area contributed by atoms with Crippen molar-refractivity contribution in [2.75, 3.05) is 0 Å². The van der Waals surface area contributed by atoms with E-state index in [1.807, 2.05) is 0 Å². The highest BCUT2D eigenvalue weighted by molar-refractivity contribution is 7.87. The van der Waals surface area contributed by atoms with E-state index in [1.54, 1.807) is 6.92 Å². The number of unbranched alkanes of at least 4 members (excludes halogenated alkanes) is 1. The van der Waals surface area contributed by atoms with Crippen LogP contribution in [-0.2, 0) is 16.0 Å². The van der Waals surface area contributed by atoms with Crippen molar-refractivity contribution in [1.29, 1.82) is 0 Å². The van der Waals surface area contributed by atoms with E-state index in [9.17, 15) is 52.7 Å². The number of benzene rings is 1. The number of Topliss-reactive ketones (excluding diaryl/α,β-unsaturated/α-hetero) is 1. The number of rotatable bonds is 9. The first-order valence-electron chi connectivity index (χ1n) is 8.13. The van der Waals surface area contributed by atoms with Crippen molar-refractivity contribution >= 4 is 15.9 Å². The molecule has 0 aliphatic heterocycles. The fraction of sp³-hybridized carbons (Fsp3) is 0.562. The largest absolute Gasteiger partial charge is 0.460 e. The van der Waals surface area contributed by atoms with Gasteiger partial charge in [0.2, 0.25) is 0 Å². The smallest absolute Gasteiger partial charge is 0.293 e. The number of carbonyl (C=O) groups is 1. The molecule has 0 radical (unpaired) electrons. The molecule has 0 heterocycles. The molecule has 4 nitrogen and oxygen atoms in total. The topological polar surface area (TPSA) is 71.4 Å². The molecule has 172 valence electrons. The predicted octanol–water partition coefficient (Wildman–Crippen LogP) is 5.24. The molecule has 0 saturated carbocycles. The molecule has 1 aromatic carbocycles. The minimum Gasteiger partial charge on any atom is -0.293 e. The van der Waals surface area contributed by atoms with E-state index in [0.29, 0.717) is 18.6 Å². The van der Waals surface area contributed by atoms with E-state index in [4.69, 9.17) is 4.55 Å². The monoisotopic (exact) mass is 474 g/mol. The van der Waals surface area contributed by atoms with Gasteiger partial charge in [-0.15, -0.1) is 0 Å². The third kappa shape index (κ3) is 4.74. The van der Waals surface area contributed by atoms with Crippen molar-refractivity contribution in [3.05, 3.63) is 35.4 Å². The Morgan fingerprint density at radius 2 is 1.40 bits per heavy atom. The van der Waals surface area contributed by atoms with Crippen molar-refractivity contribution in [2.45, 2.75) is 55.4 Å². The molecule has 14 heteroatoms. The first kappa shape index (κ1) is 26.2. The zero-order valence-corrected chi connectivity index (χ0v) is 15.8. The third-order valence-electron chi connectivity index (χ3n) is 4.15. The van der Waals surface area contributed by atoms with Gasteiger partial charge >= 0.3 is 23.9 Å². The van der Waals surface area contributed by atoms with E-state index in [-0.39, 0.29) is 25.0 Å². The lowest BCUT2D eigenvalue weighted by Gasteiger charge is -2.33. The molecule has 0 aliphatic carbocycles. The minimum atomic E-state index is -7.08. The van der Waals surface area contributed by atoms with Crippen molar-refractivity contribution < 1.29 is 57.3 Å². The second kappa shape index (κ2) is 8.36. The molecule has 30 heavy (non-hydrogen) atoms. The Bertz CT molecular complexity index is 862. The first-order chi connectivity index (χ1) is 13.3. The molecule has 0 bridgehead atoms. The lowest BCUT2D eigenvalue weighted by Crippen LogP contribution is -2.59. The fourth-order valence-corrected chi connectivity index (χ4v) is 3.26. The quantitative estimate of drug-likeness (QED) is 0.302. The maximum Gasteiger partial charge on any atom is 0.460 e. The van der Waals surface area contributed by atoms with Crippen molar-refractivity contribution in [3.8, 4) is 0 Å². The van der Waals surface area contributed by atoms with Crippen LogP contribution in [0.4, 0.5) is 39.5 Å². The van der Waals surface area contributed by atoms with E-state index in [2.05, 4.69) is 0 Å². The summed E-state index contributed by atoms with van der Waals surface area (Å²) in [5.74, 6) is -21.2. The highest BCUT2D eigenvalue weighted by atomic mass is 32.2. The zero-order valence-electron chi connectivity index (χ0n) is 15.0. The van der Waals surface area contributed by atoms with Gasteiger partial charge in [0.1, 0.15) is 5.25 Å². The van der Waals surface area contributed by atoms with Gasteiger partial charge in [-0.05, 0) is 6.42 Å². The van der Waals surface area contributed by atoms with Gasteiger partial charge in [-0.1, -0.05) is 44.0 Å². The van der Waals surface area contributed by atoms with Crippen LogP contribution in [0.1, 0.15) is 42.1 Å². The van der Waals surface area contributed by atoms with Gasteiger partial charge in [0.15, 0.2) is 5.78 Å². The van der Waals surface area contributed by atoms with E-state index >= 15 is 0 Å². The van der Waals surface area contributed by atoms with Gasteiger partial charge in [-0.25, -0.2) is 0 Å². The molecule has 0 aliphatic rings. The summed E-state index contributed by atoms with van der Waals surface area (Å²) in [6, 6.07) is 0.706. The average molecular weight is 474 g/mol. The Balaban J connectivity index is 3.32. The summed E-state index contributed by atoms with van der Waals surface area (Å²) in [6.45, 7) is 1.62. The standard InChI is InChI=1S/C16H15F9O4S/c1-2-3-4-11(30(27,28)29)12(26)9-5-7-10(8-6-9)13(17,18)14(19,20)15(21,22)16(23,24)25/h5-8,11H,2-4H2,1H3,(H,27,28,29)/t11-/m0/s1. The number of carbonyl (C=O) groups excluding carboxylic acids is 1. The molecule has 0 fully saturated rings. The van der Waals surface area contributed by atoms with Crippen LogP contribution in [0.25, 0.3) is 0 Å². The van der Waals surface area contributed by atoms with Gasteiger partial charge in [0.05, 0.1) is 0 Å². The number of alkyl halides is 9. The predicted molar refractivity (Wildman–Crippen MR) is 85.5 cm³/mol. The highest BCUT2D eigenvalue weighted by Gasteiger charge is 2.82. The van der Waals surface area contributed by atoms with Crippen molar-refractivity contribution in [2.24, 2.45) is 0 Å². The summed E-state index contributed by atoms with van der Waals surface area (Å²) in [7, 11) is -4.92. The second-order valence-corrected chi connectivity index (χ2v) is 7.91. The second-order valence-electron chi connectivity index (χ2n) is 6.31. The molecule has 1 rings (SSSR count). The third-order valence-corrected chi connectivity index (χ3v) is 5.32. The average Bonchev–Trinajstić information content (AvgIpc) is 2.59. The molecule has 1 N–H and O–H groups in total. The molecule has 0 saturated heterocycles. The Hall–Kier alpha value is -1.83. The van der Waals surface area contributed by atoms with Crippen LogP contribution in [0, 0.1) is 0 Å². The summed E-state index contributed by atoms with van der Waals surface area (Å²) >= 11 is 0. The number of ketones is 1. The molecule has 1 atom stereocenters. The van der Waals surface area contributed by atoms with Crippen LogP contribution in [0.2, 0.25) is 0 Å². The Labute approximate surface area is 164 Å². The summed E-state index contributed by atoms with van der Waals surface area (Å²) < 4.78 is 149. The Morgan fingerprint density at radius 1 is 0.933 bits per heavy atom. The summed E-state index contributed by atoms with van der Waals surface area (Å²) in [4.78, 5) is 12.2. The van der Waals surface area contributed by atoms with E-state index < -0.39 is 56.2 Å². The summed E-state index contributed by atoms with van der Waals surface area (Å²) in [5, 5.41) is -2.00. The van der Waals surface area contributed by atoms with Gasteiger partial charge < -0.3 is 0 Å². The summed E-state index contributed by atoms with van der Waals surface area (Å²) in [6.07, 6.45) is -6.77. The zero-order chi connectivity index (χ0) is 23.8. The van der Waals surface area contributed by atoms with E-state index in [1.165, 1.54) is 0 Å². The van der Waals surface area contributed by atoms with Gasteiger partial charge in [0.25, 0.3) is 10.1 Å². The highest BCUT2D eigenvalue weighted by Crippen LogP contribution is 2.56. The molecule has 1 aromatic rings. The first-order valence-corrected chi connectivity index (χ1v) is 9.64. The maximum atomic E-state index is 13.9. The fourth-order valence-electron chi connectivity index (χ4n) is 2.39. The number of hydrogen-bond acceptors (Lipinski definition) is 3. The Morgan fingerprint density at radius 3 is 1.77 bits per heavy atom. The molecular weight excluding hydrogens is 459 g/mol. The van der Waals surface area contributed by atoms with Crippen LogP contribution in [0.5, 0.6) is 0 Å². The summed E-state index contributed by atoms with van der Waals surface area (Å²) in [5.41, 5.74) is -2.64. The number of halogens is 9. The van der Waals surface area contributed by atoms with Gasteiger partial charge in [0, 0.05) is 11.1 Å². The molecule has 0 unspecified atom stereocenters. The van der Waals surface area contributed by atoms with Crippen molar-refractivity contribution in [1.82, 2.24) is 0 Å². The van der Waals surface area contributed by atoms with Gasteiger partial charge in [-0.3, -0.25) is 9.35 Å². The Kier molecular flexibility index (Phi) is 7.31. The molecule has 0 spiro atoms. The maximum absolute atomic E-state index is 13.9. The molecular formula is C16H15F9O4S. The van der Waals surface area contributed by atoms with Crippen LogP contribution in [0.15, 0.2) is 24.3 Å². The number of hydrogen-bond donors (Lipinski definition) is 1. The van der Waals surface area contributed by atoms with Crippen LogP contribution >= 0.6 is 0 Å². The normalized spacial score (nSPS) is 15.2. The van der Waals surface area contributed by atoms with Crippen molar-refractivity contribution in [3.63, 3.8) is 0 Å². The van der Waals surface area contributed by atoms with Crippen LogP contribution in [-0.4, -0.2) is 42.0 Å². The lowest BCUT2D eigenvalue weighted by molar-refractivity contribution is -0.399.